The number of rotatable bonds is 9. The van der Waals surface area contributed by atoms with Gasteiger partial charge in [-0.2, -0.15) is 0 Å². The highest BCUT2D eigenvalue weighted by molar-refractivity contribution is 5.67. The highest BCUT2D eigenvalue weighted by atomic mass is 16.6. The number of aryl methyl sites for hydroxylation is 1. The molecule has 0 aliphatic rings. The molecule has 2 aromatic carbocycles. The maximum absolute atomic E-state index is 12.5. The lowest BCUT2D eigenvalue weighted by Crippen LogP contribution is -2.40. The van der Waals surface area contributed by atoms with Crippen molar-refractivity contribution in [3.05, 3.63) is 71.8 Å². The summed E-state index contributed by atoms with van der Waals surface area (Å²) in [7, 11) is 0. The highest BCUT2D eigenvalue weighted by Crippen LogP contribution is 2.10. The van der Waals surface area contributed by atoms with Gasteiger partial charge in [-0.15, -0.1) is 0 Å². The molecule has 1 atom stereocenters. The van der Waals surface area contributed by atoms with Crippen LogP contribution in [0.1, 0.15) is 31.4 Å². The van der Waals surface area contributed by atoms with Gasteiger partial charge in [0.15, 0.2) is 0 Å². The van der Waals surface area contributed by atoms with Crippen LogP contribution in [0.15, 0.2) is 60.7 Å². The van der Waals surface area contributed by atoms with Gasteiger partial charge in [-0.3, -0.25) is 0 Å². The normalized spacial score (nSPS) is 12.0. The third-order valence-electron chi connectivity index (χ3n) is 4.09. The van der Waals surface area contributed by atoms with Crippen LogP contribution in [0.4, 0.5) is 4.79 Å². The van der Waals surface area contributed by atoms with Crippen molar-refractivity contribution in [3.8, 4) is 0 Å². The van der Waals surface area contributed by atoms with E-state index in [9.17, 15) is 9.90 Å². The van der Waals surface area contributed by atoms with Crippen LogP contribution in [0, 0.1) is 5.92 Å². The molecule has 4 nitrogen and oxygen atoms in total. The molecule has 0 saturated carbocycles. The van der Waals surface area contributed by atoms with Crippen molar-refractivity contribution < 1.29 is 14.6 Å². The summed E-state index contributed by atoms with van der Waals surface area (Å²) in [6.45, 7) is 5.20. The van der Waals surface area contributed by atoms with Crippen LogP contribution in [-0.4, -0.2) is 35.3 Å². The second-order valence-corrected chi connectivity index (χ2v) is 7.02. The van der Waals surface area contributed by atoms with Gasteiger partial charge >= 0.3 is 6.09 Å². The van der Waals surface area contributed by atoms with Crippen LogP contribution in [0.25, 0.3) is 0 Å². The van der Waals surface area contributed by atoms with E-state index in [4.69, 9.17) is 4.74 Å². The zero-order chi connectivity index (χ0) is 18.8. The Kier molecular flexibility index (Phi) is 8.16. The predicted molar refractivity (Wildman–Crippen MR) is 104 cm³/mol. The fourth-order valence-corrected chi connectivity index (χ4v) is 2.80. The van der Waals surface area contributed by atoms with Gasteiger partial charge in [0.05, 0.1) is 6.10 Å². The van der Waals surface area contributed by atoms with E-state index in [-0.39, 0.29) is 12.7 Å². The van der Waals surface area contributed by atoms with Crippen molar-refractivity contribution in [3.63, 3.8) is 0 Å². The van der Waals surface area contributed by atoms with Crippen molar-refractivity contribution in [2.45, 2.75) is 39.4 Å². The Labute approximate surface area is 156 Å². The lowest BCUT2D eigenvalue weighted by atomic mass is 10.1. The standard InChI is InChI=1S/C22H29NO3/c1-18(2)15-23(22(25)26-17-20-11-7-4-8-12-20)16-21(24)14-13-19-9-5-3-6-10-19/h3-12,18,21,24H,13-17H2,1-2H3. The van der Waals surface area contributed by atoms with Gasteiger partial charge in [0, 0.05) is 13.1 Å². The highest BCUT2D eigenvalue weighted by Gasteiger charge is 2.20. The molecule has 0 radical (unpaired) electrons. The summed E-state index contributed by atoms with van der Waals surface area (Å²) >= 11 is 0. The summed E-state index contributed by atoms with van der Waals surface area (Å²) in [4.78, 5) is 14.1. The zero-order valence-electron chi connectivity index (χ0n) is 15.7. The van der Waals surface area contributed by atoms with Gasteiger partial charge in [0.25, 0.3) is 0 Å². The zero-order valence-corrected chi connectivity index (χ0v) is 15.7. The van der Waals surface area contributed by atoms with Crippen LogP contribution in [0.5, 0.6) is 0 Å². The summed E-state index contributed by atoms with van der Waals surface area (Å²) in [5.74, 6) is 0.306. The molecule has 26 heavy (non-hydrogen) atoms. The molecule has 1 N–H and O–H groups in total. The first-order chi connectivity index (χ1) is 12.5. The molecular weight excluding hydrogens is 326 g/mol. The molecule has 0 aromatic heterocycles. The minimum atomic E-state index is -0.571. The predicted octanol–water partition coefficient (Wildman–Crippen LogP) is 4.27. The second kappa shape index (κ2) is 10.6. The number of hydrogen-bond donors (Lipinski definition) is 1. The molecule has 0 aliphatic heterocycles. The Morgan fingerprint density at radius 3 is 2.12 bits per heavy atom. The van der Waals surface area contributed by atoms with E-state index in [1.807, 2.05) is 74.5 Å². The Bertz CT molecular complexity index is 643. The number of hydrogen-bond acceptors (Lipinski definition) is 3. The molecule has 0 saturated heterocycles. The molecule has 1 amide bonds. The minimum absolute atomic E-state index is 0.244. The Balaban J connectivity index is 1.85. The van der Waals surface area contributed by atoms with Crippen molar-refractivity contribution >= 4 is 6.09 Å². The summed E-state index contributed by atoms with van der Waals surface area (Å²) in [6.07, 6.45) is 0.459. The third kappa shape index (κ3) is 7.28. The first-order valence-electron chi connectivity index (χ1n) is 9.22. The van der Waals surface area contributed by atoms with E-state index in [1.54, 1.807) is 4.90 Å². The van der Waals surface area contributed by atoms with Gasteiger partial charge in [-0.1, -0.05) is 74.5 Å². The van der Waals surface area contributed by atoms with Crippen LogP contribution in [0.3, 0.4) is 0 Å². The topological polar surface area (TPSA) is 49.8 Å². The van der Waals surface area contributed by atoms with E-state index in [0.29, 0.717) is 25.4 Å². The first kappa shape index (κ1) is 20.0. The number of aliphatic hydroxyl groups excluding tert-OH is 1. The quantitative estimate of drug-likeness (QED) is 0.730. The number of benzene rings is 2. The van der Waals surface area contributed by atoms with Crippen molar-refractivity contribution in [1.29, 1.82) is 0 Å². The number of carbonyl (C=O) groups is 1. The summed E-state index contributed by atoms with van der Waals surface area (Å²) < 4.78 is 5.43. The molecule has 0 fully saturated rings. The van der Waals surface area contributed by atoms with Gasteiger partial charge in [-0.25, -0.2) is 4.79 Å². The van der Waals surface area contributed by atoms with Crippen LogP contribution < -0.4 is 0 Å². The number of aliphatic hydroxyl groups is 1. The molecule has 2 rings (SSSR count). The van der Waals surface area contributed by atoms with Gasteiger partial charge in [-0.05, 0) is 29.9 Å². The molecule has 1 unspecified atom stereocenters. The fraction of sp³-hybridized carbons (Fsp3) is 0.409. The van der Waals surface area contributed by atoms with Crippen LogP contribution in [-0.2, 0) is 17.8 Å². The maximum atomic E-state index is 12.5. The molecular formula is C22H29NO3. The molecule has 0 heterocycles. The van der Waals surface area contributed by atoms with Crippen LogP contribution >= 0.6 is 0 Å². The Morgan fingerprint density at radius 1 is 0.962 bits per heavy atom. The van der Waals surface area contributed by atoms with E-state index in [1.165, 1.54) is 5.56 Å². The summed E-state index contributed by atoms with van der Waals surface area (Å²) in [5.41, 5.74) is 2.14. The lowest BCUT2D eigenvalue weighted by Gasteiger charge is -2.26. The monoisotopic (exact) mass is 355 g/mol. The van der Waals surface area contributed by atoms with Crippen molar-refractivity contribution in [1.82, 2.24) is 4.90 Å². The Morgan fingerprint density at radius 2 is 1.54 bits per heavy atom. The molecule has 140 valence electrons. The molecule has 2 aromatic rings. The largest absolute Gasteiger partial charge is 0.445 e. The fourth-order valence-electron chi connectivity index (χ4n) is 2.80. The average molecular weight is 355 g/mol. The summed E-state index contributed by atoms with van der Waals surface area (Å²) in [6, 6.07) is 19.7. The van der Waals surface area contributed by atoms with Gasteiger partial charge in [0.2, 0.25) is 0 Å². The molecule has 0 aliphatic carbocycles. The second-order valence-electron chi connectivity index (χ2n) is 7.02. The number of amides is 1. The SMILES string of the molecule is CC(C)CN(CC(O)CCc1ccccc1)C(=O)OCc1ccccc1. The molecule has 0 bridgehead atoms. The van der Waals surface area contributed by atoms with Gasteiger partial charge < -0.3 is 14.7 Å². The third-order valence-corrected chi connectivity index (χ3v) is 4.09. The lowest BCUT2D eigenvalue weighted by molar-refractivity contribution is 0.0620. The van der Waals surface area contributed by atoms with E-state index >= 15 is 0 Å². The number of ether oxygens (including phenoxy) is 1. The summed E-state index contributed by atoms with van der Waals surface area (Å²) in [5, 5.41) is 10.4. The number of carbonyl (C=O) groups excluding carboxylic acids is 1. The van der Waals surface area contributed by atoms with Crippen LogP contribution in [0.2, 0.25) is 0 Å². The average Bonchev–Trinajstić information content (AvgIpc) is 2.65. The van der Waals surface area contributed by atoms with Crippen molar-refractivity contribution in [2.24, 2.45) is 5.92 Å². The molecule has 0 spiro atoms. The first-order valence-corrected chi connectivity index (χ1v) is 9.22. The van der Waals surface area contributed by atoms with E-state index < -0.39 is 6.10 Å². The minimum Gasteiger partial charge on any atom is -0.445 e. The van der Waals surface area contributed by atoms with E-state index in [0.717, 1.165) is 12.0 Å². The van der Waals surface area contributed by atoms with Crippen molar-refractivity contribution in [2.75, 3.05) is 13.1 Å². The Hall–Kier alpha value is -2.33. The molecule has 4 heteroatoms. The van der Waals surface area contributed by atoms with Gasteiger partial charge in [0.1, 0.15) is 6.61 Å². The smallest absolute Gasteiger partial charge is 0.410 e. The maximum Gasteiger partial charge on any atom is 0.410 e. The number of nitrogens with zero attached hydrogens (tertiary/aromatic N) is 1. The van der Waals surface area contributed by atoms with E-state index in [2.05, 4.69) is 0 Å².